The lowest BCUT2D eigenvalue weighted by Crippen LogP contribution is -2.57. The average Bonchev–Trinajstić information content (AvgIpc) is 2.65. The molecule has 2 aromatic rings. The molecule has 1 heterocycles. The Bertz CT molecular complexity index is 872. The van der Waals surface area contributed by atoms with E-state index in [9.17, 15) is 8.42 Å². The number of aryl methyl sites for hydroxylation is 1. The summed E-state index contributed by atoms with van der Waals surface area (Å²) in [5, 5.41) is 0. The molecule has 3 rings (SSSR count). The Hall–Kier alpha value is -1.89. The van der Waals surface area contributed by atoms with E-state index >= 15 is 0 Å². The minimum absolute atomic E-state index is 0.141. The fourth-order valence-electron chi connectivity index (χ4n) is 3.79. The first-order valence-electron chi connectivity index (χ1n) is 9.27. The van der Waals surface area contributed by atoms with Gasteiger partial charge >= 0.3 is 0 Å². The highest BCUT2D eigenvalue weighted by Gasteiger charge is 2.36. The number of ether oxygens (including phenoxy) is 1. The Morgan fingerprint density at radius 3 is 2.22 bits per heavy atom. The normalized spacial score (nSPS) is 21.9. The molecule has 1 saturated heterocycles. The molecule has 1 aliphatic heterocycles. The van der Waals surface area contributed by atoms with E-state index in [1.165, 1.54) is 5.56 Å². The van der Waals surface area contributed by atoms with Crippen LogP contribution in [0.15, 0.2) is 53.4 Å². The Morgan fingerprint density at radius 2 is 1.67 bits per heavy atom. The van der Waals surface area contributed by atoms with E-state index in [0.29, 0.717) is 29.3 Å². The third-order valence-electron chi connectivity index (χ3n) is 5.28. The van der Waals surface area contributed by atoms with Crippen molar-refractivity contribution < 1.29 is 13.2 Å². The van der Waals surface area contributed by atoms with Crippen molar-refractivity contribution in [3.8, 4) is 5.75 Å². The number of methoxy groups -OCH3 is 1. The van der Waals surface area contributed by atoms with Crippen LogP contribution < -0.4 is 4.74 Å². The molecule has 0 N–H and O–H groups in total. The second-order valence-electron chi connectivity index (χ2n) is 7.31. The summed E-state index contributed by atoms with van der Waals surface area (Å²) in [4.78, 5) is 2.74. The SMILES string of the molecule is COc1ccc(S(=O)(=O)N2CC(C)N(Cc3ccccc3)C(C)C2)c(C)c1. The van der Waals surface area contributed by atoms with Crippen molar-refractivity contribution in [2.45, 2.75) is 44.3 Å². The largest absolute Gasteiger partial charge is 0.497 e. The van der Waals surface area contributed by atoms with Crippen molar-refractivity contribution in [1.82, 2.24) is 9.21 Å². The topological polar surface area (TPSA) is 49.9 Å². The van der Waals surface area contributed by atoms with Crippen LogP contribution in [0.2, 0.25) is 0 Å². The van der Waals surface area contributed by atoms with E-state index in [1.807, 2.05) is 25.1 Å². The number of hydrogen-bond acceptors (Lipinski definition) is 4. The highest BCUT2D eigenvalue weighted by Crippen LogP contribution is 2.28. The van der Waals surface area contributed by atoms with Gasteiger partial charge in [-0.15, -0.1) is 0 Å². The summed E-state index contributed by atoms with van der Waals surface area (Å²) in [6, 6.07) is 15.7. The monoisotopic (exact) mass is 388 g/mol. The maximum Gasteiger partial charge on any atom is 0.243 e. The van der Waals surface area contributed by atoms with Gasteiger partial charge in [0, 0.05) is 31.7 Å². The maximum absolute atomic E-state index is 13.2. The van der Waals surface area contributed by atoms with Crippen LogP contribution in [0.4, 0.5) is 0 Å². The van der Waals surface area contributed by atoms with Crippen molar-refractivity contribution in [1.29, 1.82) is 0 Å². The summed E-state index contributed by atoms with van der Waals surface area (Å²) in [6.07, 6.45) is 0. The summed E-state index contributed by atoms with van der Waals surface area (Å²) in [6.45, 7) is 7.83. The number of hydrogen-bond donors (Lipinski definition) is 0. The molecule has 0 spiro atoms. The smallest absolute Gasteiger partial charge is 0.243 e. The van der Waals surface area contributed by atoms with Gasteiger partial charge in [0.25, 0.3) is 0 Å². The standard InChI is InChI=1S/C21H28N2O3S/c1-16-12-20(26-4)10-11-21(16)27(24,25)22-13-17(2)23(18(3)14-22)15-19-8-6-5-7-9-19/h5-12,17-18H,13-15H2,1-4H3. The third kappa shape index (κ3) is 4.18. The van der Waals surface area contributed by atoms with Gasteiger partial charge in [-0.3, -0.25) is 4.90 Å². The van der Waals surface area contributed by atoms with E-state index in [0.717, 1.165) is 6.54 Å². The molecule has 27 heavy (non-hydrogen) atoms. The number of benzene rings is 2. The van der Waals surface area contributed by atoms with Crippen LogP contribution in [-0.2, 0) is 16.6 Å². The lowest BCUT2D eigenvalue weighted by molar-refractivity contribution is 0.0698. The van der Waals surface area contributed by atoms with Crippen LogP contribution in [-0.4, -0.2) is 49.9 Å². The van der Waals surface area contributed by atoms with Gasteiger partial charge < -0.3 is 4.74 Å². The van der Waals surface area contributed by atoms with Crippen LogP contribution >= 0.6 is 0 Å². The van der Waals surface area contributed by atoms with Crippen molar-refractivity contribution in [3.05, 3.63) is 59.7 Å². The lowest BCUT2D eigenvalue weighted by Gasteiger charge is -2.44. The molecule has 0 bridgehead atoms. The molecule has 0 aliphatic carbocycles. The molecule has 6 heteroatoms. The molecule has 1 fully saturated rings. The van der Waals surface area contributed by atoms with Crippen molar-refractivity contribution in [2.24, 2.45) is 0 Å². The molecule has 0 aromatic heterocycles. The van der Waals surface area contributed by atoms with E-state index < -0.39 is 10.0 Å². The van der Waals surface area contributed by atoms with Crippen LogP contribution in [0.5, 0.6) is 5.75 Å². The Balaban J connectivity index is 1.79. The Labute approximate surface area is 162 Å². The number of rotatable bonds is 5. The lowest BCUT2D eigenvalue weighted by atomic mass is 10.1. The molecule has 0 saturated carbocycles. The fraction of sp³-hybridized carbons (Fsp3) is 0.429. The molecule has 2 atom stereocenters. The summed E-state index contributed by atoms with van der Waals surface area (Å²) in [5.74, 6) is 0.667. The van der Waals surface area contributed by atoms with Gasteiger partial charge in [0.2, 0.25) is 10.0 Å². The molecule has 146 valence electrons. The molecule has 2 unspecified atom stereocenters. The van der Waals surface area contributed by atoms with E-state index in [-0.39, 0.29) is 12.1 Å². The fourth-order valence-corrected chi connectivity index (χ4v) is 5.60. The second-order valence-corrected chi connectivity index (χ2v) is 9.22. The maximum atomic E-state index is 13.2. The molecule has 1 aliphatic rings. The number of nitrogens with zero attached hydrogens (tertiary/aromatic N) is 2. The molecular weight excluding hydrogens is 360 g/mol. The van der Waals surface area contributed by atoms with Crippen LogP contribution in [0.3, 0.4) is 0 Å². The quantitative estimate of drug-likeness (QED) is 0.789. The first-order valence-corrected chi connectivity index (χ1v) is 10.7. The van der Waals surface area contributed by atoms with Gasteiger partial charge in [-0.05, 0) is 50.1 Å². The molecule has 2 aromatic carbocycles. The van der Waals surface area contributed by atoms with Gasteiger partial charge in [0.15, 0.2) is 0 Å². The van der Waals surface area contributed by atoms with Gasteiger partial charge in [-0.2, -0.15) is 4.31 Å². The van der Waals surface area contributed by atoms with Crippen LogP contribution in [0.1, 0.15) is 25.0 Å². The molecule has 0 radical (unpaired) electrons. The van der Waals surface area contributed by atoms with Gasteiger partial charge in [0.1, 0.15) is 5.75 Å². The van der Waals surface area contributed by atoms with Crippen LogP contribution in [0.25, 0.3) is 0 Å². The second kappa shape index (κ2) is 8.00. The number of sulfonamides is 1. The average molecular weight is 389 g/mol. The van der Waals surface area contributed by atoms with E-state index in [1.54, 1.807) is 29.6 Å². The first-order chi connectivity index (χ1) is 12.8. The Kier molecular flexibility index (Phi) is 5.89. The zero-order valence-corrected chi connectivity index (χ0v) is 17.2. The summed E-state index contributed by atoms with van der Waals surface area (Å²) < 4.78 is 33.3. The summed E-state index contributed by atoms with van der Waals surface area (Å²) in [5.41, 5.74) is 1.96. The summed E-state index contributed by atoms with van der Waals surface area (Å²) in [7, 11) is -1.95. The number of piperazine rings is 1. The molecular formula is C21H28N2O3S. The first kappa shape index (κ1) is 19.9. The predicted molar refractivity (Wildman–Crippen MR) is 107 cm³/mol. The zero-order chi connectivity index (χ0) is 19.6. The van der Waals surface area contributed by atoms with E-state index in [4.69, 9.17) is 4.74 Å². The predicted octanol–water partition coefficient (Wildman–Crippen LogP) is 3.29. The van der Waals surface area contributed by atoms with Crippen molar-refractivity contribution in [2.75, 3.05) is 20.2 Å². The Morgan fingerprint density at radius 1 is 1.04 bits per heavy atom. The minimum atomic E-state index is -3.53. The van der Waals surface area contributed by atoms with Gasteiger partial charge in [-0.1, -0.05) is 30.3 Å². The third-order valence-corrected chi connectivity index (χ3v) is 7.27. The molecule has 0 amide bonds. The van der Waals surface area contributed by atoms with Crippen molar-refractivity contribution in [3.63, 3.8) is 0 Å². The van der Waals surface area contributed by atoms with Gasteiger partial charge in [0.05, 0.1) is 12.0 Å². The molecule has 5 nitrogen and oxygen atoms in total. The van der Waals surface area contributed by atoms with E-state index in [2.05, 4.69) is 30.9 Å². The minimum Gasteiger partial charge on any atom is -0.497 e. The van der Waals surface area contributed by atoms with Crippen molar-refractivity contribution >= 4 is 10.0 Å². The zero-order valence-electron chi connectivity index (χ0n) is 16.4. The summed E-state index contributed by atoms with van der Waals surface area (Å²) >= 11 is 0. The highest BCUT2D eigenvalue weighted by atomic mass is 32.2. The van der Waals surface area contributed by atoms with Gasteiger partial charge in [-0.25, -0.2) is 8.42 Å². The van der Waals surface area contributed by atoms with Crippen LogP contribution in [0, 0.1) is 6.92 Å². The highest BCUT2D eigenvalue weighted by molar-refractivity contribution is 7.89.